The summed E-state index contributed by atoms with van der Waals surface area (Å²) >= 11 is 12.3. The van der Waals surface area contributed by atoms with Crippen LogP contribution in [0.15, 0.2) is 48.5 Å². The maximum absolute atomic E-state index is 6.26. The molecule has 0 aromatic heterocycles. The van der Waals surface area contributed by atoms with Crippen LogP contribution in [0.2, 0.25) is 0 Å². The van der Waals surface area contributed by atoms with Crippen LogP contribution in [0.4, 0.5) is 5.69 Å². The van der Waals surface area contributed by atoms with Gasteiger partial charge in [-0.2, -0.15) is 0 Å². The molecule has 1 heterocycles. The van der Waals surface area contributed by atoms with Crippen molar-refractivity contribution in [3.8, 4) is 11.1 Å². The third-order valence-corrected chi connectivity index (χ3v) is 3.81. The second-order valence-corrected chi connectivity index (χ2v) is 5.56. The lowest BCUT2D eigenvalue weighted by Crippen LogP contribution is -2.14. The Balaban J connectivity index is 2.06. The fraction of sp³-hybridized carbons (Fsp3) is 0.125. The molecule has 1 aliphatic rings. The molecular formula is C16H13Cl2N. The van der Waals surface area contributed by atoms with Crippen LogP contribution >= 0.6 is 23.2 Å². The molecule has 0 aliphatic carbocycles. The lowest BCUT2D eigenvalue weighted by atomic mass is 9.99. The Hall–Kier alpha value is -1.44. The average molecular weight is 290 g/mol. The van der Waals surface area contributed by atoms with E-state index in [0.29, 0.717) is 5.03 Å². The van der Waals surface area contributed by atoms with Crippen molar-refractivity contribution in [3.63, 3.8) is 0 Å². The van der Waals surface area contributed by atoms with Gasteiger partial charge in [-0.15, -0.1) is 0 Å². The fourth-order valence-electron chi connectivity index (χ4n) is 2.20. The summed E-state index contributed by atoms with van der Waals surface area (Å²) in [5, 5.41) is 3.88. The Morgan fingerprint density at radius 2 is 1.68 bits per heavy atom. The van der Waals surface area contributed by atoms with E-state index in [1.165, 1.54) is 11.1 Å². The first-order valence-corrected chi connectivity index (χ1v) is 6.94. The highest BCUT2D eigenvalue weighted by atomic mass is 35.5. The molecule has 1 aliphatic heterocycles. The lowest BCUT2D eigenvalue weighted by molar-refractivity contribution is 1.21. The van der Waals surface area contributed by atoms with Gasteiger partial charge in [0, 0.05) is 16.3 Å². The first kappa shape index (κ1) is 12.6. The zero-order chi connectivity index (χ0) is 13.4. The van der Waals surface area contributed by atoms with E-state index in [2.05, 4.69) is 48.6 Å². The number of aryl methyl sites for hydroxylation is 1. The fourth-order valence-corrected chi connectivity index (χ4v) is 2.79. The van der Waals surface area contributed by atoms with Gasteiger partial charge in [-0.1, -0.05) is 59.1 Å². The standard InChI is InChI=1S/C16H13Cl2N/c1-10-2-4-11(5-3-10)12-6-7-15-13(8-12)14(17)9-16(18)19-15/h2-9,16,19H,1H3. The highest BCUT2D eigenvalue weighted by Gasteiger charge is 2.16. The van der Waals surface area contributed by atoms with Crippen LogP contribution in [0.1, 0.15) is 11.1 Å². The van der Waals surface area contributed by atoms with Gasteiger partial charge in [0.2, 0.25) is 0 Å². The Morgan fingerprint density at radius 3 is 2.42 bits per heavy atom. The highest BCUT2D eigenvalue weighted by molar-refractivity contribution is 6.50. The van der Waals surface area contributed by atoms with E-state index in [-0.39, 0.29) is 5.50 Å². The van der Waals surface area contributed by atoms with Crippen molar-refractivity contribution < 1.29 is 0 Å². The van der Waals surface area contributed by atoms with Gasteiger partial charge in [0.05, 0.1) is 0 Å². The summed E-state index contributed by atoms with van der Waals surface area (Å²) in [5.74, 6) is 0. The molecule has 2 aromatic carbocycles. The van der Waals surface area contributed by atoms with Crippen molar-refractivity contribution >= 4 is 33.9 Å². The molecule has 0 fully saturated rings. The first-order valence-electron chi connectivity index (χ1n) is 6.13. The molecule has 0 radical (unpaired) electrons. The van der Waals surface area contributed by atoms with E-state index >= 15 is 0 Å². The monoisotopic (exact) mass is 289 g/mol. The average Bonchev–Trinajstić information content (AvgIpc) is 2.39. The van der Waals surface area contributed by atoms with Crippen LogP contribution in [0.3, 0.4) is 0 Å². The molecule has 2 aromatic rings. The normalized spacial score (nSPS) is 17.4. The zero-order valence-corrected chi connectivity index (χ0v) is 12.0. The number of hydrogen-bond acceptors (Lipinski definition) is 1. The Bertz CT molecular complexity index is 644. The molecule has 0 saturated heterocycles. The number of hydrogen-bond donors (Lipinski definition) is 1. The van der Waals surface area contributed by atoms with Gasteiger partial charge < -0.3 is 5.32 Å². The van der Waals surface area contributed by atoms with Gasteiger partial charge in [-0.3, -0.25) is 0 Å². The third-order valence-electron chi connectivity index (χ3n) is 3.25. The van der Waals surface area contributed by atoms with Crippen LogP contribution < -0.4 is 5.32 Å². The molecule has 0 bridgehead atoms. The Labute approximate surface area is 122 Å². The summed E-state index contributed by atoms with van der Waals surface area (Å²) in [7, 11) is 0. The third kappa shape index (κ3) is 2.49. The van der Waals surface area contributed by atoms with Gasteiger partial charge in [-0.25, -0.2) is 0 Å². The van der Waals surface area contributed by atoms with E-state index in [4.69, 9.17) is 23.2 Å². The number of anilines is 1. The lowest BCUT2D eigenvalue weighted by Gasteiger charge is -2.20. The topological polar surface area (TPSA) is 12.0 Å². The van der Waals surface area contributed by atoms with Gasteiger partial charge >= 0.3 is 0 Å². The van der Waals surface area contributed by atoms with Gasteiger partial charge in [0.1, 0.15) is 5.50 Å². The van der Waals surface area contributed by atoms with Crippen LogP contribution in [-0.4, -0.2) is 5.50 Å². The molecule has 96 valence electrons. The smallest absolute Gasteiger partial charge is 0.122 e. The summed E-state index contributed by atoms with van der Waals surface area (Å²) in [6.45, 7) is 2.08. The Morgan fingerprint density at radius 1 is 1.00 bits per heavy atom. The summed E-state index contributed by atoms with van der Waals surface area (Å²) in [6, 6.07) is 14.7. The molecule has 19 heavy (non-hydrogen) atoms. The summed E-state index contributed by atoms with van der Waals surface area (Å²) < 4.78 is 0. The number of alkyl halides is 1. The minimum atomic E-state index is -0.245. The molecule has 3 rings (SSSR count). The van der Waals surface area contributed by atoms with E-state index < -0.39 is 0 Å². The highest BCUT2D eigenvalue weighted by Crippen LogP contribution is 2.36. The van der Waals surface area contributed by atoms with E-state index in [9.17, 15) is 0 Å². The van der Waals surface area contributed by atoms with E-state index in [0.717, 1.165) is 16.8 Å². The quantitative estimate of drug-likeness (QED) is 0.560. The Kier molecular flexibility index (Phi) is 3.26. The van der Waals surface area contributed by atoms with Crippen molar-refractivity contribution in [2.75, 3.05) is 5.32 Å². The van der Waals surface area contributed by atoms with Crippen molar-refractivity contribution in [1.29, 1.82) is 0 Å². The minimum absolute atomic E-state index is 0.245. The van der Waals surface area contributed by atoms with Crippen LogP contribution in [0.5, 0.6) is 0 Å². The second kappa shape index (κ2) is 4.92. The van der Waals surface area contributed by atoms with Crippen molar-refractivity contribution in [2.24, 2.45) is 0 Å². The van der Waals surface area contributed by atoms with Crippen molar-refractivity contribution in [1.82, 2.24) is 0 Å². The summed E-state index contributed by atoms with van der Waals surface area (Å²) in [4.78, 5) is 0. The maximum atomic E-state index is 6.26. The molecular weight excluding hydrogens is 277 g/mol. The summed E-state index contributed by atoms with van der Waals surface area (Å²) in [5.41, 5.74) is 5.32. The number of fused-ring (bicyclic) bond motifs is 1. The number of nitrogens with one attached hydrogen (secondary N) is 1. The maximum Gasteiger partial charge on any atom is 0.122 e. The minimum Gasteiger partial charge on any atom is -0.365 e. The van der Waals surface area contributed by atoms with E-state index in [1.807, 2.05) is 12.1 Å². The SMILES string of the molecule is Cc1ccc(-c2ccc3c(c2)C(Cl)=CC(Cl)N3)cc1. The molecule has 3 heteroatoms. The molecule has 1 atom stereocenters. The number of halogens is 2. The molecule has 0 amide bonds. The van der Waals surface area contributed by atoms with Gasteiger partial charge in [0.15, 0.2) is 0 Å². The largest absolute Gasteiger partial charge is 0.365 e. The summed E-state index contributed by atoms with van der Waals surface area (Å²) in [6.07, 6.45) is 1.81. The second-order valence-electron chi connectivity index (χ2n) is 4.69. The number of benzene rings is 2. The van der Waals surface area contributed by atoms with E-state index in [1.54, 1.807) is 0 Å². The number of rotatable bonds is 1. The van der Waals surface area contributed by atoms with Gasteiger partial charge in [0.25, 0.3) is 0 Å². The van der Waals surface area contributed by atoms with Crippen molar-refractivity contribution in [2.45, 2.75) is 12.4 Å². The van der Waals surface area contributed by atoms with Crippen LogP contribution in [-0.2, 0) is 0 Å². The van der Waals surface area contributed by atoms with Gasteiger partial charge in [-0.05, 0) is 36.3 Å². The zero-order valence-electron chi connectivity index (χ0n) is 10.5. The predicted molar refractivity (Wildman–Crippen MR) is 83.7 cm³/mol. The molecule has 1 nitrogen and oxygen atoms in total. The van der Waals surface area contributed by atoms with Crippen molar-refractivity contribution in [3.05, 3.63) is 59.7 Å². The first-order chi connectivity index (χ1) is 9.13. The van der Waals surface area contributed by atoms with Crippen LogP contribution in [0.25, 0.3) is 16.2 Å². The predicted octanol–water partition coefficient (Wildman–Crippen LogP) is 5.23. The molecule has 1 N–H and O–H groups in total. The molecule has 1 unspecified atom stereocenters. The molecule has 0 saturated carbocycles. The molecule has 0 spiro atoms. The van der Waals surface area contributed by atoms with Crippen LogP contribution in [0, 0.1) is 6.92 Å².